The first-order valence-electron chi connectivity index (χ1n) is 13.5. The number of phenolic OH excluding ortho intramolecular Hbond substituents is 1. The van der Waals surface area contributed by atoms with Gasteiger partial charge in [-0.2, -0.15) is 0 Å². The second-order valence-electron chi connectivity index (χ2n) is 15.0. The van der Waals surface area contributed by atoms with Crippen LogP contribution in [0.1, 0.15) is 116 Å². The molecule has 0 saturated carbocycles. The molecular weight excluding hydrogens is 452 g/mol. The monoisotopic (exact) mass is 496 g/mol. The first kappa shape index (κ1) is 27.2. The highest BCUT2D eigenvalue weighted by atomic mass is 16.3. The average Bonchev–Trinajstić information content (AvgIpc) is 2.74. The van der Waals surface area contributed by atoms with Gasteiger partial charge in [-0.1, -0.05) is 101 Å². The molecule has 0 fully saturated rings. The number of carbonyl (C=O) groups excluding carboxylic acids is 1. The van der Waals surface area contributed by atoms with Gasteiger partial charge in [-0.25, -0.2) is 0 Å². The van der Waals surface area contributed by atoms with E-state index < -0.39 is 0 Å². The van der Waals surface area contributed by atoms with Crippen LogP contribution in [-0.4, -0.2) is 10.9 Å². The van der Waals surface area contributed by atoms with Gasteiger partial charge in [0.2, 0.25) is 0 Å². The minimum atomic E-state index is -0.289. The SMILES string of the molecule is CC(C)(C)C1=Cc2cc(C(C)(C)C)c(O)c3cc(-c4cc(C(C)(C)C)cc(C(C)(C)C)c4)cc(c23)C1=O. The number of aromatic hydroxyl groups is 1. The lowest BCUT2D eigenvalue weighted by atomic mass is 9.74. The fourth-order valence-corrected chi connectivity index (χ4v) is 5.20. The van der Waals surface area contributed by atoms with Gasteiger partial charge in [0.25, 0.3) is 0 Å². The minimum absolute atomic E-state index is 0.0200. The number of rotatable bonds is 1. The molecule has 0 aliphatic heterocycles. The summed E-state index contributed by atoms with van der Waals surface area (Å²) in [5.74, 6) is 0.329. The van der Waals surface area contributed by atoms with E-state index >= 15 is 0 Å². The lowest BCUT2D eigenvalue weighted by Gasteiger charge is -2.30. The van der Waals surface area contributed by atoms with E-state index in [0.717, 1.165) is 38.6 Å². The van der Waals surface area contributed by atoms with E-state index in [2.05, 4.69) is 119 Å². The molecule has 196 valence electrons. The van der Waals surface area contributed by atoms with Crippen LogP contribution in [0.25, 0.3) is 28.0 Å². The first-order chi connectivity index (χ1) is 16.7. The third-order valence-electron chi connectivity index (χ3n) is 7.64. The Kier molecular flexibility index (Phi) is 6.11. The van der Waals surface area contributed by atoms with E-state index in [9.17, 15) is 9.90 Å². The van der Waals surface area contributed by atoms with Gasteiger partial charge in [-0.05, 0) is 73.8 Å². The molecule has 4 rings (SSSR count). The Morgan fingerprint density at radius 3 is 1.57 bits per heavy atom. The quantitative estimate of drug-likeness (QED) is 0.364. The van der Waals surface area contributed by atoms with Crippen molar-refractivity contribution < 1.29 is 9.90 Å². The smallest absolute Gasteiger partial charge is 0.190 e. The highest BCUT2D eigenvalue weighted by molar-refractivity contribution is 6.24. The molecule has 0 heterocycles. The molecule has 0 radical (unpaired) electrons. The Morgan fingerprint density at radius 1 is 0.595 bits per heavy atom. The lowest BCUT2D eigenvalue weighted by molar-refractivity contribution is 0.101. The molecule has 0 atom stereocenters. The summed E-state index contributed by atoms with van der Waals surface area (Å²) >= 11 is 0. The van der Waals surface area contributed by atoms with E-state index in [-0.39, 0.29) is 33.2 Å². The van der Waals surface area contributed by atoms with E-state index in [1.165, 1.54) is 11.1 Å². The van der Waals surface area contributed by atoms with Gasteiger partial charge in [0.1, 0.15) is 5.75 Å². The summed E-state index contributed by atoms with van der Waals surface area (Å²) in [6.45, 7) is 26.1. The molecular formula is C35H44O2. The van der Waals surface area contributed by atoms with Crippen LogP contribution in [-0.2, 0) is 16.2 Å². The summed E-state index contributed by atoms with van der Waals surface area (Å²) in [6.07, 6.45) is 2.05. The van der Waals surface area contributed by atoms with Crippen molar-refractivity contribution in [2.75, 3.05) is 0 Å². The zero-order valence-electron chi connectivity index (χ0n) is 24.9. The molecule has 0 unspecified atom stereocenters. The molecule has 0 spiro atoms. The first-order valence-corrected chi connectivity index (χ1v) is 13.5. The molecule has 37 heavy (non-hydrogen) atoms. The summed E-state index contributed by atoms with van der Waals surface area (Å²) in [5.41, 5.74) is 7.41. The molecule has 0 saturated heterocycles. The topological polar surface area (TPSA) is 37.3 Å². The maximum absolute atomic E-state index is 13.9. The maximum atomic E-state index is 13.9. The van der Waals surface area contributed by atoms with Crippen LogP contribution >= 0.6 is 0 Å². The number of hydrogen-bond acceptors (Lipinski definition) is 2. The molecule has 0 bridgehead atoms. The Balaban J connectivity index is 2.14. The highest BCUT2D eigenvalue weighted by Gasteiger charge is 2.33. The van der Waals surface area contributed by atoms with Crippen molar-refractivity contribution >= 4 is 22.6 Å². The molecule has 1 aliphatic rings. The van der Waals surface area contributed by atoms with E-state index in [4.69, 9.17) is 0 Å². The predicted octanol–water partition coefficient (Wildman–Crippen LogP) is 9.73. The molecule has 0 amide bonds. The van der Waals surface area contributed by atoms with Crippen LogP contribution in [0.3, 0.4) is 0 Å². The third-order valence-corrected chi connectivity index (χ3v) is 7.64. The Bertz CT molecular complexity index is 1420. The normalized spacial score (nSPS) is 14.8. The number of allylic oxidation sites excluding steroid dienone is 1. The van der Waals surface area contributed by atoms with Gasteiger partial charge >= 0.3 is 0 Å². The van der Waals surface area contributed by atoms with E-state index in [1.807, 2.05) is 6.08 Å². The highest BCUT2D eigenvalue weighted by Crippen LogP contribution is 2.47. The second kappa shape index (κ2) is 8.32. The number of phenols is 1. The Labute approximate surface area is 223 Å². The molecule has 1 N–H and O–H groups in total. The Hall–Kier alpha value is -2.87. The molecule has 0 aromatic heterocycles. The molecule has 2 heteroatoms. The van der Waals surface area contributed by atoms with Gasteiger partial charge in [-0.3, -0.25) is 4.79 Å². The van der Waals surface area contributed by atoms with Crippen LogP contribution < -0.4 is 0 Å². The van der Waals surface area contributed by atoms with E-state index in [1.54, 1.807) is 0 Å². The zero-order chi connectivity index (χ0) is 27.9. The Morgan fingerprint density at radius 2 is 1.11 bits per heavy atom. The second-order valence-corrected chi connectivity index (χ2v) is 15.0. The fraction of sp³-hybridized carbons (Fsp3) is 0.457. The zero-order valence-corrected chi connectivity index (χ0v) is 24.9. The summed E-state index contributed by atoms with van der Waals surface area (Å²) in [6, 6.07) is 13.0. The van der Waals surface area contributed by atoms with Crippen molar-refractivity contribution in [2.24, 2.45) is 5.41 Å². The van der Waals surface area contributed by atoms with Gasteiger partial charge in [0.05, 0.1) is 0 Å². The van der Waals surface area contributed by atoms with Crippen molar-refractivity contribution in [2.45, 2.75) is 99.3 Å². The minimum Gasteiger partial charge on any atom is -0.507 e. The predicted molar refractivity (Wildman–Crippen MR) is 159 cm³/mol. The van der Waals surface area contributed by atoms with Crippen LogP contribution in [0.15, 0.2) is 42.0 Å². The third kappa shape index (κ3) is 4.88. The van der Waals surface area contributed by atoms with Gasteiger partial charge in [-0.15, -0.1) is 0 Å². The molecule has 2 nitrogen and oxygen atoms in total. The molecule has 3 aromatic carbocycles. The van der Waals surface area contributed by atoms with E-state index in [0.29, 0.717) is 5.56 Å². The van der Waals surface area contributed by atoms with Crippen LogP contribution in [0, 0.1) is 5.41 Å². The number of benzene rings is 3. The summed E-state index contributed by atoms with van der Waals surface area (Å²) in [4.78, 5) is 13.9. The largest absolute Gasteiger partial charge is 0.507 e. The number of carbonyl (C=O) groups is 1. The average molecular weight is 497 g/mol. The fourth-order valence-electron chi connectivity index (χ4n) is 5.20. The van der Waals surface area contributed by atoms with Crippen LogP contribution in [0.5, 0.6) is 5.75 Å². The maximum Gasteiger partial charge on any atom is 0.190 e. The van der Waals surface area contributed by atoms with Crippen LogP contribution in [0.2, 0.25) is 0 Å². The summed E-state index contributed by atoms with van der Waals surface area (Å²) < 4.78 is 0. The van der Waals surface area contributed by atoms with Crippen LogP contribution in [0.4, 0.5) is 0 Å². The van der Waals surface area contributed by atoms with Crippen molar-refractivity contribution in [3.63, 3.8) is 0 Å². The van der Waals surface area contributed by atoms with Crippen molar-refractivity contribution in [1.29, 1.82) is 0 Å². The summed E-state index contributed by atoms with van der Waals surface area (Å²) in [7, 11) is 0. The van der Waals surface area contributed by atoms with Gasteiger partial charge in [0.15, 0.2) is 5.78 Å². The van der Waals surface area contributed by atoms with Crippen molar-refractivity contribution in [3.8, 4) is 16.9 Å². The standard InChI is InChI=1S/C35H44O2/c1-32(2,3)23-13-20(14-24(19-23)33(4,5)6)21-15-25-29-22(17-27(30(25)36)34(7,8)9)18-28(35(10,11)12)31(37)26(29)16-21/h13-19,36H,1-12H3. The number of hydrogen-bond donors (Lipinski definition) is 1. The summed E-state index contributed by atoms with van der Waals surface area (Å²) in [5, 5.41) is 13.2. The number of ketones is 1. The lowest BCUT2D eigenvalue weighted by Crippen LogP contribution is -2.21. The molecule has 3 aromatic rings. The van der Waals surface area contributed by atoms with Gasteiger partial charge in [0, 0.05) is 27.5 Å². The number of Topliss-reactive ketones (excluding diaryl/α,β-unsaturated/α-hetero) is 1. The van der Waals surface area contributed by atoms with Crippen molar-refractivity contribution in [3.05, 3.63) is 69.8 Å². The van der Waals surface area contributed by atoms with Gasteiger partial charge < -0.3 is 5.11 Å². The van der Waals surface area contributed by atoms with Crippen molar-refractivity contribution in [1.82, 2.24) is 0 Å². The molecule has 1 aliphatic carbocycles.